The first-order valence-corrected chi connectivity index (χ1v) is 7.17. The topological polar surface area (TPSA) is 59.9 Å². The Morgan fingerprint density at radius 2 is 2.00 bits per heavy atom. The predicted octanol–water partition coefficient (Wildman–Crippen LogP) is 2.41. The normalized spacial score (nSPS) is 23.4. The minimum absolute atomic E-state index is 0.0493. The zero-order chi connectivity index (χ0) is 14.7. The average Bonchev–Trinajstić information content (AvgIpc) is 3.06. The lowest BCUT2D eigenvalue weighted by molar-refractivity contribution is -0.119. The molecule has 2 aromatic rings. The maximum atomic E-state index is 12.7. The fraction of sp³-hybridized carbons (Fsp3) is 0.176. The van der Waals surface area contributed by atoms with E-state index in [4.69, 9.17) is 9.47 Å². The van der Waals surface area contributed by atoms with Crippen molar-refractivity contribution in [1.29, 1.82) is 0 Å². The van der Waals surface area contributed by atoms with Crippen LogP contribution in [0.4, 0.5) is 11.4 Å². The summed E-state index contributed by atoms with van der Waals surface area (Å²) in [6, 6.07) is 11.5. The third-order valence-electron chi connectivity index (χ3n) is 4.53. The van der Waals surface area contributed by atoms with Crippen LogP contribution in [0.5, 0.6) is 11.5 Å². The van der Waals surface area contributed by atoms with Crippen molar-refractivity contribution in [3.05, 3.63) is 47.5 Å². The van der Waals surface area contributed by atoms with Crippen LogP contribution in [0.25, 0.3) is 0 Å². The zero-order valence-electron chi connectivity index (χ0n) is 11.6. The number of ether oxygens (including phenoxy) is 2. The molecule has 1 amide bonds. The maximum Gasteiger partial charge on any atom is 0.243 e. The Morgan fingerprint density at radius 1 is 1.09 bits per heavy atom. The van der Waals surface area contributed by atoms with Crippen LogP contribution in [-0.2, 0) is 10.2 Å². The minimum Gasteiger partial charge on any atom is -0.491 e. The number of carbonyl (C=O) groups is 1. The number of aliphatic imine (C=N–C) groups is 1. The van der Waals surface area contributed by atoms with E-state index in [0.717, 1.165) is 22.5 Å². The Bertz CT molecular complexity index is 859. The molecule has 108 valence electrons. The van der Waals surface area contributed by atoms with Gasteiger partial charge >= 0.3 is 0 Å². The quantitative estimate of drug-likeness (QED) is 0.811. The van der Waals surface area contributed by atoms with Crippen LogP contribution in [0, 0.1) is 0 Å². The number of nitrogens with zero attached hydrogens (tertiary/aromatic N) is 1. The summed E-state index contributed by atoms with van der Waals surface area (Å²) in [4.78, 5) is 17.0. The van der Waals surface area contributed by atoms with E-state index >= 15 is 0 Å². The van der Waals surface area contributed by atoms with Gasteiger partial charge in [-0.05, 0) is 17.7 Å². The monoisotopic (exact) mass is 292 g/mol. The molecule has 5 rings (SSSR count). The summed E-state index contributed by atoms with van der Waals surface area (Å²) in [7, 11) is 0. The summed E-state index contributed by atoms with van der Waals surface area (Å²) in [6.45, 7) is 0.750. The lowest BCUT2D eigenvalue weighted by Crippen LogP contribution is -2.37. The van der Waals surface area contributed by atoms with Gasteiger partial charge in [0, 0.05) is 23.5 Å². The molecule has 1 unspecified atom stereocenters. The first kappa shape index (κ1) is 11.8. The van der Waals surface area contributed by atoms with Gasteiger partial charge in [0.1, 0.15) is 35.8 Å². The summed E-state index contributed by atoms with van der Waals surface area (Å²) in [5.41, 5.74) is 2.61. The van der Waals surface area contributed by atoms with Crippen LogP contribution in [0.3, 0.4) is 0 Å². The Kier molecular flexibility index (Phi) is 2.08. The molecule has 0 radical (unpaired) electrons. The van der Waals surface area contributed by atoms with Gasteiger partial charge in [-0.25, -0.2) is 0 Å². The van der Waals surface area contributed by atoms with Crippen molar-refractivity contribution in [2.45, 2.75) is 5.41 Å². The number of fused-ring (bicyclic) bond motifs is 5. The van der Waals surface area contributed by atoms with Crippen LogP contribution < -0.4 is 14.8 Å². The van der Waals surface area contributed by atoms with E-state index in [0.29, 0.717) is 24.7 Å². The fourth-order valence-electron chi connectivity index (χ4n) is 3.47. The molecule has 3 heterocycles. The maximum absolute atomic E-state index is 12.7. The fourth-order valence-corrected chi connectivity index (χ4v) is 3.47. The molecule has 0 saturated carbocycles. The third kappa shape index (κ3) is 1.28. The van der Waals surface area contributed by atoms with Crippen molar-refractivity contribution in [2.24, 2.45) is 4.99 Å². The summed E-state index contributed by atoms with van der Waals surface area (Å²) < 4.78 is 11.5. The molecule has 2 aromatic carbocycles. The number of benzene rings is 2. The molecule has 1 N–H and O–H groups in total. The standard InChI is InChI=1S/C17H12N2O3/c20-16-17(10-3-1-2-4-12(10)19-16)9-22-14-8-13-15(7-11(14)17)21-6-5-18-13/h1-5,7-8H,6,9H2,(H,19,20). The second-order valence-electron chi connectivity index (χ2n) is 5.63. The highest BCUT2D eigenvalue weighted by Crippen LogP contribution is 2.52. The molecular weight excluding hydrogens is 280 g/mol. The molecule has 0 bridgehead atoms. The number of amides is 1. The van der Waals surface area contributed by atoms with Gasteiger partial charge in [-0.3, -0.25) is 9.79 Å². The number of rotatable bonds is 0. The third-order valence-corrected chi connectivity index (χ3v) is 4.53. The zero-order valence-corrected chi connectivity index (χ0v) is 11.6. The van der Waals surface area contributed by atoms with Crippen LogP contribution in [0.2, 0.25) is 0 Å². The Balaban J connectivity index is 1.78. The van der Waals surface area contributed by atoms with Crippen LogP contribution in [0.15, 0.2) is 41.4 Å². The smallest absolute Gasteiger partial charge is 0.243 e. The van der Waals surface area contributed by atoms with E-state index in [1.54, 1.807) is 6.21 Å². The van der Waals surface area contributed by atoms with E-state index < -0.39 is 5.41 Å². The molecule has 0 aromatic heterocycles. The van der Waals surface area contributed by atoms with Gasteiger partial charge in [-0.1, -0.05) is 18.2 Å². The van der Waals surface area contributed by atoms with Crippen LogP contribution in [-0.4, -0.2) is 25.3 Å². The molecule has 5 heteroatoms. The number of hydrogen-bond acceptors (Lipinski definition) is 4. The minimum atomic E-state index is -0.786. The van der Waals surface area contributed by atoms with Crippen molar-refractivity contribution in [1.82, 2.24) is 0 Å². The van der Waals surface area contributed by atoms with Crippen molar-refractivity contribution < 1.29 is 14.3 Å². The second-order valence-corrected chi connectivity index (χ2v) is 5.63. The number of anilines is 1. The van der Waals surface area contributed by atoms with Crippen LogP contribution >= 0.6 is 0 Å². The number of hydrogen-bond donors (Lipinski definition) is 1. The lowest BCUT2D eigenvalue weighted by Gasteiger charge is -2.21. The van der Waals surface area contributed by atoms with E-state index in [1.165, 1.54) is 0 Å². The number of carbonyl (C=O) groups excluding carboxylic acids is 1. The molecular formula is C17H12N2O3. The Hall–Kier alpha value is -2.82. The second kappa shape index (κ2) is 3.88. The summed E-state index contributed by atoms with van der Waals surface area (Å²) in [5, 5.41) is 2.96. The van der Waals surface area contributed by atoms with Crippen molar-refractivity contribution in [3.8, 4) is 11.5 Å². The van der Waals surface area contributed by atoms with E-state index in [2.05, 4.69) is 10.3 Å². The highest BCUT2D eigenvalue weighted by molar-refractivity contribution is 6.10. The lowest BCUT2D eigenvalue weighted by atomic mass is 9.77. The Labute approximate surface area is 126 Å². The molecule has 1 atom stereocenters. The summed E-state index contributed by atoms with van der Waals surface area (Å²) in [5.74, 6) is 1.35. The van der Waals surface area contributed by atoms with Crippen LogP contribution in [0.1, 0.15) is 11.1 Å². The van der Waals surface area contributed by atoms with Gasteiger partial charge in [0.15, 0.2) is 0 Å². The molecule has 0 saturated heterocycles. The van der Waals surface area contributed by atoms with Gasteiger partial charge < -0.3 is 14.8 Å². The summed E-state index contributed by atoms with van der Waals surface area (Å²) >= 11 is 0. The van der Waals surface area contributed by atoms with Gasteiger partial charge in [0.05, 0.1) is 0 Å². The first-order valence-electron chi connectivity index (χ1n) is 7.17. The van der Waals surface area contributed by atoms with Crippen molar-refractivity contribution >= 4 is 23.5 Å². The molecule has 1 spiro atoms. The van der Waals surface area contributed by atoms with E-state index in [1.807, 2.05) is 36.4 Å². The van der Waals surface area contributed by atoms with Crippen molar-refractivity contribution in [2.75, 3.05) is 18.5 Å². The largest absolute Gasteiger partial charge is 0.491 e. The molecule has 0 aliphatic carbocycles. The molecule has 0 fully saturated rings. The molecule has 5 nitrogen and oxygen atoms in total. The molecule has 3 aliphatic heterocycles. The summed E-state index contributed by atoms with van der Waals surface area (Å²) in [6.07, 6.45) is 1.72. The van der Waals surface area contributed by atoms with Gasteiger partial charge in [0.2, 0.25) is 5.91 Å². The number of nitrogens with one attached hydrogen (secondary N) is 1. The van der Waals surface area contributed by atoms with E-state index in [-0.39, 0.29) is 5.91 Å². The SMILES string of the molecule is O=C1Nc2ccccc2C12COc1cc3c(cc12)OCC=N3. The van der Waals surface area contributed by atoms with E-state index in [9.17, 15) is 4.79 Å². The molecule has 22 heavy (non-hydrogen) atoms. The highest BCUT2D eigenvalue weighted by atomic mass is 16.5. The highest BCUT2D eigenvalue weighted by Gasteiger charge is 2.54. The predicted molar refractivity (Wildman–Crippen MR) is 81.4 cm³/mol. The average molecular weight is 292 g/mol. The Morgan fingerprint density at radius 3 is 2.95 bits per heavy atom. The number of para-hydroxylation sites is 1. The van der Waals surface area contributed by atoms with Gasteiger partial charge in [-0.2, -0.15) is 0 Å². The van der Waals surface area contributed by atoms with Gasteiger partial charge in [-0.15, -0.1) is 0 Å². The first-order chi connectivity index (χ1) is 10.8. The molecule has 3 aliphatic rings. The van der Waals surface area contributed by atoms with Gasteiger partial charge in [0.25, 0.3) is 0 Å². The van der Waals surface area contributed by atoms with Crippen molar-refractivity contribution in [3.63, 3.8) is 0 Å².